The van der Waals surface area contributed by atoms with Crippen LogP contribution in [0.1, 0.15) is 64.7 Å². The summed E-state index contributed by atoms with van der Waals surface area (Å²) in [7, 11) is 0. The minimum atomic E-state index is 0.923. The van der Waals surface area contributed by atoms with Gasteiger partial charge in [-0.1, -0.05) is 19.8 Å². The lowest BCUT2D eigenvalue weighted by Crippen LogP contribution is -2.42. The number of nitrogens with zero attached hydrogens (tertiary/aromatic N) is 1. The van der Waals surface area contributed by atoms with Crippen LogP contribution in [0.15, 0.2) is 0 Å². The van der Waals surface area contributed by atoms with Gasteiger partial charge in [0.15, 0.2) is 0 Å². The van der Waals surface area contributed by atoms with Gasteiger partial charge in [-0.05, 0) is 69.9 Å². The van der Waals surface area contributed by atoms with Gasteiger partial charge in [-0.2, -0.15) is 0 Å². The molecule has 0 bridgehead atoms. The van der Waals surface area contributed by atoms with Crippen LogP contribution in [0.25, 0.3) is 0 Å². The normalized spacial score (nSPS) is 34.4. The van der Waals surface area contributed by atoms with E-state index in [-0.39, 0.29) is 0 Å². The molecule has 1 N–H and O–H groups in total. The fourth-order valence-electron chi connectivity index (χ4n) is 4.16. The Bertz CT molecular complexity index is 268. The molecule has 0 aromatic heterocycles. The van der Waals surface area contributed by atoms with E-state index in [4.69, 9.17) is 0 Å². The first kappa shape index (κ1) is 13.9. The van der Waals surface area contributed by atoms with Gasteiger partial charge in [-0.3, -0.25) is 4.90 Å². The van der Waals surface area contributed by atoms with E-state index in [0.29, 0.717) is 0 Å². The quantitative estimate of drug-likeness (QED) is 0.783. The summed E-state index contributed by atoms with van der Waals surface area (Å²) in [5.41, 5.74) is 0. The van der Waals surface area contributed by atoms with Gasteiger partial charge >= 0.3 is 0 Å². The smallest absolute Gasteiger partial charge is 0.00994 e. The third-order valence-electron chi connectivity index (χ3n) is 5.64. The summed E-state index contributed by atoms with van der Waals surface area (Å²) in [6.07, 6.45) is 13.2. The molecule has 19 heavy (non-hydrogen) atoms. The monoisotopic (exact) mass is 264 g/mol. The average Bonchev–Trinajstić information content (AvgIpc) is 3.25. The first-order chi connectivity index (χ1) is 9.33. The van der Waals surface area contributed by atoms with Crippen molar-refractivity contribution in [2.45, 2.75) is 76.8 Å². The van der Waals surface area contributed by atoms with Crippen LogP contribution in [0.4, 0.5) is 0 Å². The number of piperidine rings is 1. The van der Waals surface area contributed by atoms with E-state index in [9.17, 15) is 0 Å². The lowest BCUT2D eigenvalue weighted by atomic mass is 9.95. The van der Waals surface area contributed by atoms with Crippen molar-refractivity contribution in [2.24, 2.45) is 11.8 Å². The highest BCUT2D eigenvalue weighted by molar-refractivity contribution is 4.91. The molecule has 1 aliphatic heterocycles. The van der Waals surface area contributed by atoms with Crippen molar-refractivity contribution in [1.29, 1.82) is 0 Å². The molecule has 2 unspecified atom stereocenters. The Morgan fingerprint density at radius 3 is 2.26 bits per heavy atom. The van der Waals surface area contributed by atoms with Gasteiger partial charge in [0.2, 0.25) is 0 Å². The summed E-state index contributed by atoms with van der Waals surface area (Å²) in [6, 6.07) is 1.89. The molecule has 2 nitrogen and oxygen atoms in total. The maximum absolute atomic E-state index is 3.51. The Kier molecular flexibility index (Phi) is 4.81. The second kappa shape index (κ2) is 6.58. The molecule has 0 radical (unpaired) electrons. The molecule has 1 saturated heterocycles. The molecule has 2 saturated carbocycles. The van der Waals surface area contributed by atoms with Crippen LogP contribution in [-0.4, -0.2) is 36.6 Å². The summed E-state index contributed by atoms with van der Waals surface area (Å²) in [5.74, 6) is 1.95. The van der Waals surface area contributed by atoms with Crippen molar-refractivity contribution in [1.82, 2.24) is 10.2 Å². The number of rotatable bonds is 4. The fourth-order valence-corrected chi connectivity index (χ4v) is 4.16. The minimum Gasteiger partial charge on any atom is -0.317 e. The number of hydrogen-bond acceptors (Lipinski definition) is 2. The number of nitrogens with one attached hydrogen (secondary N) is 1. The van der Waals surface area contributed by atoms with Crippen molar-refractivity contribution in [3.05, 3.63) is 0 Å². The molecular weight excluding hydrogens is 232 g/mol. The molecule has 0 amide bonds. The molecular formula is C17H32N2. The third kappa shape index (κ3) is 3.95. The lowest BCUT2D eigenvalue weighted by molar-refractivity contribution is 0.130. The largest absolute Gasteiger partial charge is 0.317 e. The summed E-state index contributed by atoms with van der Waals surface area (Å²) in [6.45, 7) is 6.37. The molecule has 3 rings (SSSR count). The van der Waals surface area contributed by atoms with Crippen molar-refractivity contribution in [3.63, 3.8) is 0 Å². The molecule has 2 heteroatoms. The summed E-state index contributed by atoms with van der Waals surface area (Å²) in [4.78, 5) is 2.95. The van der Waals surface area contributed by atoms with Crippen molar-refractivity contribution in [2.75, 3.05) is 19.6 Å². The zero-order valence-electron chi connectivity index (χ0n) is 12.7. The molecule has 110 valence electrons. The van der Waals surface area contributed by atoms with Crippen LogP contribution in [0.3, 0.4) is 0 Å². The Morgan fingerprint density at radius 2 is 1.53 bits per heavy atom. The number of hydrogen-bond donors (Lipinski definition) is 1. The Balaban J connectivity index is 1.56. The minimum absolute atomic E-state index is 0.923. The van der Waals surface area contributed by atoms with E-state index < -0.39 is 0 Å². The van der Waals surface area contributed by atoms with E-state index in [1.807, 2.05) is 0 Å². The molecule has 3 fully saturated rings. The van der Waals surface area contributed by atoms with E-state index in [1.54, 1.807) is 0 Å². The zero-order valence-corrected chi connectivity index (χ0v) is 12.7. The van der Waals surface area contributed by atoms with Crippen LogP contribution in [0.5, 0.6) is 0 Å². The maximum atomic E-state index is 3.51. The summed E-state index contributed by atoms with van der Waals surface area (Å²) >= 11 is 0. The lowest BCUT2D eigenvalue weighted by Gasteiger charge is -2.36. The average molecular weight is 264 g/mol. The fraction of sp³-hybridized carbons (Fsp3) is 1.00. The molecule has 0 aromatic rings. The highest BCUT2D eigenvalue weighted by Gasteiger charge is 2.35. The van der Waals surface area contributed by atoms with Crippen LogP contribution in [0, 0.1) is 11.8 Å². The highest BCUT2D eigenvalue weighted by Crippen LogP contribution is 2.35. The Labute approximate surface area is 119 Å². The molecule has 2 aliphatic carbocycles. The second-order valence-corrected chi connectivity index (χ2v) is 7.39. The van der Waals surface area contributed by atoms with Crippen LogP contribution >= 0.6 is 0 Å². The zero-order chi connectivity index (χ0) is 13.1. The maximum Gasteiger partial charge on any atom is 0.00994 e. The molecule has 1 heterocycles. The van der Waals surface area contributed by atoms with Crippen molar-refractivity contribution in [3.8, 4) is 0 Å². The van der Waals surface area contributed by atoms with Gasteiger partial charge < -0.3 is 5.32 Å². The van der Waals surface area contributed by atoms with Gasteiger partial charge in [-0.25, -0.2) is 0 Å². The Hall–Kier alpha value is -0.0800. The molecule has 0 aromatic carbocycles. The van der Waals surface area contributed by atoms with Crippen LogP contribution in [-0.2, 0) is 0 Å². The van der Waals surface area contributed by atoms with Gasteiger partial charge in [-0.15, -0.1) is 0 Å². The van der Waals surface area contributed by atoms with Crippen molar-refractivity contribution < 1.29 is 0 Å². The molecule has 3 aliphatic rings. The van der Waals surface area contributed by atoms with Crippen LogP contribution in [0.2, 0.25) is 0 Å². The predicted octanol–water partition coefficient (Wildman–Crippen LogP) is 3.42. The molecule has 0 spiro atoms. The topological polar surface area (TPSA) is 15.3 Å². The van der Waals surface area contributed by atoms with Gasteiger partial charge in [0.1, 0.15) is 0 Å². The Morgan fingerprint density at radius 1 is 0.842 bits per heavy atom. The summed E-state index contributed by atoms with van der Waals surface area (Å²) < 4.78 is 0. The van der Waals surface area contributed by atoms with Gasteiger partial charge in [0, 0.05) is 18.6 Å². The third-order valence-corrected chi connectivity index (χ3v) is 5.64. The highest BCUT2D eigenvalue weighted by atomic mass is 15.2. The van der Waals surface area contributed by atoms with E-state index in [0.717, 1.165) is 23.9 Å². The van der Waals surface area contributed by atoms with Crippen LogP contribution < -0.4 is 5.32 Å². The van der Waals surface area contributed by atoms with Gasteiger partial charge in [0.25, 0.3) is 0 Å². The standard InChI is InChI=1S/C17H32N2/c1-14-3-2-4-16(6-5-14)19(17-7-8-17)13-15-9-11-18-12-10-15/h14-18H,2-13H2,1H3. The second-order valence-electron chi connectivity index (χ2n) is 7.39. The van der Waals surface area contributed by atoms with E-state index in [1.165, 1.54) is 77.4 Å². The summed E-state index contributed by atoms with van der Waals surface area (Å²) in [5, 5.41) is 3.51. The van der Waals surface area contributed by atoms with E-state index in [2.05, 4.69) is 17.1 Å². The van der Waals surface area contributed by atoms with Gasteiger partial charge in [0.05, 0.1) is 0 Å². The molecule has 2 atom stereocenters. The predicted molar refractivity (Wildman–Crippen MR) is 81.4 cm³/mol. The van der Waals surface area contributed by atoms with E-state index >= 15 is 0 Å². The first-order valence-electron chi connectivity index (χ1n) is 8.79. The van der Waals surface area contributed by atoms with Crippen molar-refractivity contribution >= 4 is 0 Å². The first-order valence-corrected chi connectivity index (χ1v) is 8.79. The SMILES string of the molecule is CC1CCCC(N(CC2CCNCC2)C2CC2)CC1.